The normalized spacial score (nSPS) is 16.1. The summed E-state index contributed by atoms with van der Waals surface area (Å²) < 4.78 is 28.3. The largest absolute Gasteiger partial charge is 0.494 e. The van der Waals surface area contributed by atoms with E-state index in [0.29, 0.717) is 46.5 Å². The van der Waals surface area contributed by atoms with Gasteiger partial charge in [0.05, 0.1) is 33.5 Å². The van der Waals surface area contributed by atoms with Gasteiger partial charge >= 0.3 is 0 Å². The van der Waals surface area contributed by atoms with Gasteiger partial charge in [-0.05, 0) is 54.5 Å². The topological polar surface area (TPSA) is 63.2 Å². The van der Waals surface area contributed by atoms with Crippen molar-refractivity contribution in [3.63, 3.8) is 0 Å². The van der Waals surface area contributed by atoms with Crippen molar-refractivity contribution < 1.29 is 28.5 Å². The lowest BCUT2D eigenvalue weighted by Gasteiger charge is -2.28. The van der Waals surface area contributed by atoms with Gasteiger partial charge in [0.15, 0.2) is 23.4 Å². The Kier molecular flexibility index (Phi) is 6.54. The van der Waals surface area contributed by atoms with Crippen molar-refractivity contribution >= 4 is 11.9 Å². The first-order valence-electron chi connectivity index (χ1n) is 10.6. The monoisotopic (exact) mass is 446 g/mol. The smallest absolute Gasteiger partial charge is 0.203 e. The van der Waals surface area contributed by atoms with E-state index in [1.807, 2.05) is 43.3 Å². The van der Waals surface area contributed by atoms with Crippen molar-refractivity contribution in [3.05, 3.63) is 82.9 Å². The Bertz CT molecular complexity index is 1160. The van der Waals surface area contributed by atoms with Crippen LogP contribution in [0.4, 0.5) is 0 Å². The van der Waals surface area contributed by atoms with Crippen molar-refractivity contribution in [2.75, 3.05) is 27.9 Å². The Labute approximate surface area is 193 Å². The molecule has 6 heteroatoms. The second-order valence-electron chi connectivity index (χ2n) is 7.39. The van der Waals surface area contributed by atoms with E-state index in [2.05, 4.69) is 0 Å². The van der Waals surface area contributed by atoms with Crippen molar-refractivity contribution in [2.24, 2.45) is 0 Å². The number of ether oxygens (including phenoxy) is 5. The van der Waals surface area contributed by atoms with Crippen LogP contribution in [0, 0.1) is 0 Å². The Hall–Kier alpha value is -3.93. The van der Waals surface area contributed by atoms with Crippen LogP contribution in [0.2, 0.25) is 0 Å². The lowest BCUT2D eigenvalue weighted by Crippen LogP contribution is -2.24. The molecular formula is C27H26O6. The van der Waals surface area contributed by atoms with E-state index >= 15 is 0 Å². The van der Waals surface area contributed by atoms with Gasteiger partial charge in [-0.3, -0.25) is 4.79 Å². The summed E-state index contributed by atoms with van der Waals surface area (Å²) in [6, 6.07) is 18.6. The van der Waals surface area contributed by atoms with Crippen molar-refractivity contribution in [2.45, 2.75) is 13.0 Å². The van der Waals surface area contributed by atoms with E-state index in [1.54, 1.807) is 51.7 Å². The molecule has 170 valence electrons. The molecule has 1 aliphatic heterocycles. The fraction of sp³-hybridized carbons (Fsp3) is 0.222. The number of fused-ring (bicyclic) bond motifs is 1. The fourth-order valence-corrected chi connectivity index (χ4v) is 3.89. The van der Waals surface area contributed by atoms with Crippen LogP contribution in [0.5, 0.6) is 28.7 Å². The number of carbonyl (C=O) groups excluding carboxylic acids is 1. The first-order valence-corrected chi connectivity index (χ1v) is 10.6. The molecule has 1 aliphatic rings. The van der Waals surface area contributed by atoms with Gasteiger partial charge < -0.3 is 23.7 Å². The van der Waals surface area contributed by atoms with Gasteiger partial charge in [-0.25, -0.2) is 0 Å². The van der Waals surface area contributed by atoms with Gasteiger partial charge in [0.1, 0.15) is 11.5 Å². The number of Topliss-reactive ketones (excluding diaryl/α,β-unsaturated/α-hetero) is 1. The summed E-state index contributed by atoms with van der Waals surface area (Å²) in [7, 11) is 4.66. The average molecular weight is 446 g/mol. The van der Waals surface area contributed by atoms with E-state index in [1.165, 1.54) is 0 Å². The molecule has 0 N–H and O–H groups in total. The summed E-state index contributed by atoms with van der Waals surface area (Å²) in [6.45, 7) is 2.41. The minimum atomic E-state index is -0.566. The lowest BCUT2D eigenvalue weighted by atomic mass is 9.89. The molecule has 3 aromatic carbocycles. The SMILES string of the molecule is CCOc1ccc2c(c1)C(=O)C(=Cc1cc(OC)c(OC)c(OC)c1)C(c1ccccc1)O2. The quantitative estimate of drug-likeness (QED) is 0.446. The van der Waals surface area contributed by atoms with Gasteiger partial charge in [0.25, 0.3) is 0 Å². The number of rotatable bonds is 7. The van der Waals surface area contributed by atoms with Crippen LogP contribution in [0.3, 0.4) is 0 Å². The molecule has 3 aromatic rings. The minimum absolute atomic E-state index is 0.125. The number of benzene rings is 3. The van der Waals surface area contributed by atoms with Gasteiger partial charge in [0.2, 0.25) is 5.75 Å². The Balaban J connectivity index is 1.87. The number of methoxy groups -OCH3 is 3. The minimum Gasteiger partial charge on any atom is -0.494 e. The second-order valence-corrected chi connectivity index (χ2v) is 7.39. The highest BCUT2D eigenvalue weighted by atomic mass is 16.5. The highest BCUT2D eigenvalue weighted by molar-refractivity contribution is 6.15. The molecule has 0 bridgehead atoms. The molecule has 6 nitrogen and oxygen atoms in total. The molecule has 0 aromatic heterocycles. The predicted molar refractivity (Wildman–Crippen MR) is 126 cm³/mol. The van der Waals surface area contributed by atoms with E-state index in [-0.39, 0.29) is 5.78 Å². The third-order valence-electron chi connectivity index (χ3n) is 5.41. The molecular weight excluding hydrogens is 420 g/mol. The van der Waals surface area contributed by atoms with Crippen LogP contribution in [0.25, 0.3) is 6.08 Å². The molecule has 0 fully saturated rings. The average Bonchev–Trinajstić information content (AvgIpc) is 2.85. The molecule has 0 radical (unpaired) electrons. The molecule has 0 spiro atoms. The van der Waals surface area contributed by atoms with Gasteiger partial charge in [-0.15, -0.1) is 0 Å². The summed E-state index contributed by atoms with van der Waals surface area (Å²) in [5, 5.41) is 0. The molecule has 0 aliphatic carbocycles. The van der Waals surface area contributed by atoms with Crippen LogP contribution in [0.15, 0.2) is 66.2 Å². The highest BCUT2D eigenvalue weighted by Crippen LogP contribution is 2.43. The third kappa shape index (κ3) is 4.37. The van der Waals surface area contributed by atoms with E-state index < -0.39 is 6.10 Å². The van der Waals surface area contributed by atoms with Crippen LogP contribution >= 0.6 is 0 Å². The second kappa shape index (κ2) is 9.69. The summed E-state index contributed by atoms with van der Waals surface area (Å²) in [4.78, 5) is 13.7. The number of carbonyl (C=O) groups is 1. The van der Waals surface area contributed by atoms with Gasteiger partial charge in [-0.2, -0.15) is 0 Å². The Morgan fingerprint density at radius 2 is 1.61 bits per heavy atom. The van der Waals surface area contributed by atoms with E-state index in [9.17, 15) is 4.79 Å². The highest BCUT2D eigenvalue weighted by Gasteiger charge is 2.33. The first-order chi connectivity index (χ1) is 16.1. The number of hydrogen-bond acceptors (Lipinski definition) is 6. The maximum absolute atomic E-state index is 13.7. The van der Waals surface area contributed by atoms with Crippen molar-refractivity contribution in [3.8, 4) is 28.7 Å². The molecule has 0 saturated heterocycles. The van der Waals surface area contributed by atoms with E-state index in [4.69, 9.17) is 23.7 Å². The summed E-state index contributed by atoms with van der Waals surface area (Å²) in [5.41, 5.74) is 2.56. The molecule has 1 unspecified atom stereocenters. The van der Waals surface area contributed by atoms with Crippen LogP contribution in [-0.2, 0) is 0 Å². The number of hydrogen-bond donors (Lipinski definition) is 0. The summed E-state index contributed by atoms with van der Waals surface area (Å²) >= 11 is 0. The molecule has 1 atom stereocenters. The van der Waals surface area contributed by atoms with Crippen LogP contribution < -0.4 is 23.7 Å². The zero-order chi connectivity index (χ0) is 23.4. The van der Waals surface area contributed by atoms with Gasteiger partial charge in [0, 0.05) is 5.57 Å². The first kappa shape index (κ1) is 22.3. The zero-order valence-electron chi connectivity index (χ0n) is 19.1. The van der Waals surface area contributed by atoms with Crippen molar-refractivity contribution in [1.29, 1.82) is 0 Å². The standard InChI is InChI=1S/C27H26O6/c1-5-32-19-11-12-22-20(16-19)25(28)21(26(33-22)18-9-7-6-8-10-18)13-17-14-23(29-2)27(31-4)24(15-17)30-3/h6-16,26H,5H2,1-4H3. The molecule has 1 heterocycles. The number of ketones is 1. The summed E-state index contributed by atoms with van der Waals surface area (Å²) in [5.74, 6) is 2.52. The fourth-order valence-electron chi connectivity index (χ4n) is 3.89. The van der Waals surface area contributed by atoms with Crippen LogP contribution in [-0.4, -0.2) is 33.7 Å². The Morgan fingerprint density at radius 1 is 0.909 bits per heavy atom. The molecule has 33 heavy (non-hydrogen) atoms. The third-order valence-corrected chi connectivity index (χ3v) is 5.41. The summed E-state index contributed by atoms with van der Waals surface area (Å²) in [6.07, 6.45) is 1.24. The molecule has 0 amide bonds. The predicted octanol–water partition coefficient (Wildman–Crippen LogP) is 5.51. The van der Waals surface area contributed by atoms with Gasteiger partial charge in [-0.1, -0.05) is 30.3 Å². The van der Waals surface area contributed by atoms with Crippen molar-refractivity contribution in [1.82, 2.24) is 0 Å². The zero-order valence-corrected chi connectivity index (χ0v) is 19.1. The maximum Gasteiger partial charge on any atom is 0.203 e. The van der Waals surface area contributed by atoms with E-state index in [0.717, 1.165) is 11.1 Å². The lowest BCUT2D eigenvalue weighted by molar-refractivity contribution is 0.0962. The molecule has 0 saturated carbocycles. The maximum atomic E-state index is 13.7. The van der Waals surface area contributed by atoms with Crippen LogP contribution in [0.1, 0.15) is 34.5 Å². The molecule has 4 rings (SSSR count). The Morgan fingerprint density at radius 3 is 2.21 bits per heavy atom.